The molecule has 0 aliphatic carbocycles. The minimum Gasteiger partial charge on any atom is -0.328 e. The molecule has 1 fully saturated rings. The summed E-state index contributed by atoms with van der Waals surface area (Å²) in [4.78, 5) is 2.49. The van der Waals surface area contributed by atoms with Crippen molar-refractivity contribution in [2.75, 3.05) is 13.6 Å². The maximum atomic E-state index is 5.74. The van der Waals surface area contributed by atoms with Gasteiger partial charge in [-0.05, 0) is 46.2 Å². The molecule has 0 aromatic carbocycles. The minimum atomic E-state index is 0.375. The number of hydrogen-bond donors (Lipinski definition) is 1. The predicted molar refractivity (Wildman–Crippen MR) is 53.2 cm³/mol. The van der Waals surface area contributed by atoms with Gasteiger partial charge in [0.25, 0.3) is 0 Å². The summed E-state index contributed by atoms with van der Waals surface area (Å²) in [6.07, 6.45) is 6.63. The van der Waals surface area contributed by atoms with E-state index in [0.29, 0.717) is 6.04 Å². The van der Waals surface area contributed by atoms with Gasteiger partial charge in [0.2, 0.25) is 0 Å². The summed E-state index contributed by atoms with van der Waals surface area (Å²) in [5.41, 5.74) is 5.74. The Labute approximate surface area is 76.1 Å². The van der Waals surface area contributed by atoms with E-state index in [9.17, 15) is 0 Å². The van der Waals surface area contributed by atoms with Gasteiger partial charge in [-0.15, -0.1) is 0 Å². The Balaban J connectivity index is 2.20. The summed E-state index contributed by atoms with van der Waals surface area (Å²) in [5.74, 6) is 0. The van der Waals surface area contributed by atoms with Gasteiger partial charge in [0, 0.05) is 12.1 Å². The molecule has 2 heteroatoms. The van der Waals surface area contributed by atoms with E-state index in [0.717, 1.165) is 6.04 Å². The highest BCUT2D eigenvalue weighted by molar-refractivity contribution is 4.75. The predicted octanol–water partition coefficient (Wildman–Crippen LogP) is 1.60. The molecule has 0 aromatic rings. The highest BCUT2D eigenvalue weighted by Gasteiger charge is 2.18. The average molecular weight is 170 g/mol. The molecule has 0 radical (unpaired) electrons. The second-order valence-electron chi connectivity index (χ2n) is 4.18. The molecule has 2 atom stereocenters. The van der Waals surface area contributed by atoms with E-state index < -0.39 is 0 Å². The van der Waals surface area contributed by atoms with Crippen LogP contribution in [-0.4, -0.2) is 30.6 Å². The molecule has 72 valence electrons. The van der Waals surface area contributed by atoms with Crippen molar-refractivity contribution >= 4 is 0 Å². The molecule has 0 spiro atoms. The van der Waals surface area contributed by atoms with Crippen LogP contribution in [0.3, 0.4) is 0 Å². The minimum absolute atomic E-state index is 0.375. The molecule has 1 saturated heterocycles. The van der Waals surface area contributed by atoms with E-state index in [1.54, 1.807) is 0 Å². The maximum absolute atomic E-state index is 5.74. The van der Waals surface area contributed by atoms with Crippen LogP contribution in [0.25, 0.3) is 0 Å². The molecule has 2 nitrogen and oxygen atoms in total. The van der Waals surface area contributed by atoms with Crippen LogP contribution in [0.2, 0.25) is 0 Å². The summed E-state index contributed by atoms with van der Waals surface area (Å²) >= 11 is 0. The maximum Gasteiger partial charge on any atom is 0.00927 e. The molecule has 0 amide bonds. The lowest BCUT2D eigenvalue weighted by Crippen LogP contribution is -2.37. The molecule has 1 aliphatic rings. The van der Waals surface area contributed by atoms with Gasteiger partial charge in [-0.25, -0.2) is 0 Å². The highest BCUT2D eigenvalue weighted by Crippen LogP contribution is 2.19. The largest absolute Gasteiger partial charge is 0.328 e. The van der Waals surface area contributed by atoms with Crippen LogP contribution >= 0.6 is 0 Å². The number of nitrogens with zero attached hydrogens (tertiary/aromatic N) is 1. The van der Waals surface area contributed by atoms with Gasteiger partial charge in [-0.1, -0.05) is 6.42 Å². The molecule has 0 aromatic heterocycles. The second-order valence-corrected chi connectivity index (χ2v) is 4.18. The third kappa shape index (κ3) is 3.11. The van der Waals surface area contributed by atoms with Crippen LogP contribution in [0.15, 0.2) is 0 Å². The van der Waals surface area contributed by atoms with E-state index in [1.165, 1.54) is 38.6 Å². The van der Waals surface area contributed by atoms with Gasteiger partial charge in [-0.3, -0.25) is 0 Å². The smallest absolute Gasteiger partial charge is 0.00927 e. The van der Waals surface area contributed by atoms with E-state index in [-0.39, 0.29) is 0 Å². The van der Waals surface area contributed by atoms with Crippen molar-refractivity contribution in [3.8, 4) is 0 Å². The Hall–Kier alpha value is -0.0800. The first-order valence-electron chi connectivity index (χ1n) is 5.16. The fourth-order valence-corrected chi connectivity index (χ4v) is 1.96. The lowest BCUT2D eigenvalue weighted by atomic mass is 9.97. The summed E-state index contributed by atoms with van der Waals surface area (Å²) in [5, 5.41) is 0. The van der Waals surface area contributed by atoms with Crippen molar-refractivity contribution < 1.29 is 0 Å². The van der Waals surface area contributed by atoms with Crippen LogP contribution in [-0.2, 0) is 0 Å². The molecule has 1 rings (SSSR count). The summed E-state index contributed by atoms with van der Waals surface area (Å²) in [6.45, 7) is 3.38. The van der Waals surface area contributed by atoms with Gasteiger partial charge < -0.3 is 10.6 Å². The standard InChI is InChI=1S/C10H22N2/c1-9(11)6-7-10-5-3-4-8-12(10)2/h9-10H,3-8,11H2,1-2H3/t9-,10?/m1/s1. The summed E-state index contributed by atoms with van der Waals surface area (Å²) in [7, 11) is 2.24. The number of likely N-dealkylation sites (tertiary alicyclic amines) is 1. The Morgan fingerprint density at radius 1 is 1.50 bits per heavy atom. The molecular formula is C10H22N2. The zero-order valence-corrected chi connectivity index (χ0v) is 8.42. The Morgan fingerprint density at radius 2 is 2.25 bits per heavy atom. The van der Waals surface area contributed by atoms with Crippen LogP contribution in [0.5, 0.6) is 0 Å². The summed E-state index contributed by atoms with van der Waals surface area (Å²) < 4.78 is 0. The van der Waals surface area contributed by atoms with E-state index in [4.69, 9.17) is 5.73 Å². The fourth-order valence-electron chi connectivity index (χ4n) is 1.96. The van der Waals surface area contributed by atoms with Crippen LogP contribution in [0, 0.1) is 0 Å². The molecule has 2 N–H and O–H groups in total. The van der Waals surface area contributed by atoms with Crippen LogP contribution < -0.4 is 5.73 Å². The van der Waals surface area contributed by atoms with Crippen LogP contribution in [0.1, 0.15) is 39.0 Å². The van der Waals surface area contributed by atoms with Crippen molar-refractivity contribution in [3.05, 3.63) is 0 Å². The van der Waals surface area contributed by atoms with Crippen molar-refractivity contribution in [1.29, 1.82) is 0 Å². The van der Waals surface area contributed by atoms with Crippen LogP contribution in [0.4, 0.5) is 0 Å². The van der Waals surface area contributed by atoms with Crippen molar-refractivity contribution in [2.24, 2.45) is 5.73 Å². The number of rotatable bonds is 3. The zero-order valence-electron chi connectivity index (χ0n) is 8.42. The highest BCUT2D eigenvalue weighted by atomic mass is 15.1. The SMILES string of the molecule is C[C@@H](N)CCC1CCCCN1C. The normalized spacial score (nSPS) is 28.8. The third-order valence-corrected chi connectivity index (χ3v) is 2.88. The Bertz CT molecular complexity index is 123. The van der Waals surface area contributed by atoms with E-state index in [2.05, 4.69) is 18.9 Å². The molecular weight excluding hydrogens is 148 g/mol. The first kappa shape index (κ1) is 10.0. The average Bonchev–Trinajstić information content (AvgIpc) is 2.03. The van der Waals surface area contributed by atoms with Gasteiger partial charge in [-0.2, -0.15) is 0 Å². The zero-order chi connectivity index (χ0) is 8.97. The monoisotopic (exact) mass is 170 g/mol. The number of hydrogen-bond acceptors (Lipinski definition) is 2. The first-order valence-corrected chi connectivity index (χ1v) is 5.16. The van der Waals surface area contributed by atoms with E-state index >= 15 is 0 Å². The molecule has 1 aliphatic heterocycles. The van der Waals surface area contributed by atoms with Gasteiger partial charge in [0.1, 0.15) is 0 Å². The lowest BCUT2D eigenvalue weighted by Gasteiger charge is -2.32. The number of nitrogens with two attached hydrogens (primary N) is 1. The van der Waals surface area contributed by atoms with Crippen molar-refractivity contribution in [1.82, 2.24) is 4.90 Å². The lowest BCUT2D eigenvalue weighted by molar-refractivity contribution is 0.172. The first-order chi connectivity index (χ1) is 5.70. The Morgan fingerprint density at radius 3 is 2.83 bits per heavy atom. The topological polar surface area (TPSA) is 29.3 Å². The molecule has 0 bridgehead atoms. The second kappa shape index (κ2) is 4.83. The van der Waals surface area contributed by atoms with Gasteiger partial charge in [0.05, 0.1) is 0 Å². The van der Waals surface area contributed by atoms with Gasteiger partial charge >= 0.3 is 0 Å². The molecule has 12 heavy (non-hydrogen) atoms. The Kier molecular flexibility index (Phi) is 4.02. The molecule has 1 unspecified atom stereocenters. The third-order valence-electron chi connectivity index (χ3n) is 2.88. The van der Waals surface area contributed by atoms with Gasteiger partial charge in [0.15, 0.2) is 0 Å². The summed E-state index contributed by atoms with van der Waals surface area (Å²) in [6, 6.07) is 1.19. The molecule has 0 saturated carbocycles. The molecule has 1 heterocycles. The fraction of sp³-hybridized carbons (Fsp3) is 1.00. The van der Waals surface area contributed by atoms with Crippen molar-refractivity contribution in [3.63, 3.8) is 0 Å². The van der Waals surface area contributed by atoms with Crippen molar-refractivity contribution in [2.45, 2.75) is 51.1 Å². The number of piperidine rings is 1. The quantitative estimate of drug-likeness (QED) is 0.697. The van der Waals surface area contributed by atoms with E-state index in [1.807, 2.05) is 0 Å².